The van der Waals surface area contributed by atoms with E-state index in [9.17, 15) is 9.59 Å². The van der Waals surface area contributed by atoms with Crippen molar-refractivity contribution >= 4 is 29.6 Å². The molecule has 1 aliphatic heterocycles. The zero-order valence-electron chi connectivity index (χ0n) is 15.7. The number of urea groups is 1. The van der Waals surface area contributed by atoms with Gasteiger partial charge in [0.1, 0.15) is 17.2 Å². The first-order valence-corrected chi connectivity index (χ1v) is 9.38. The summed E-state index contributed by atoms with van der Waals surface area (Å²) in [4.78, 5) is 26.2. The summed E-state index contributed by atoms with van der Waals surface area (Å²) in [7, 11) is 0. The van der Waals surface area contributed by atoms with E-state index in [1.807, 2.05) is 13.8 Å². The molecule has 1 saturated heterocycles. The van der Waals surface area contributed by atoms with E-state index in [1.165, 1.54) is 0 Å². The molecule has 0 aliphatic carbocycles. The molecule has 1 N–H and O–H groups in total. The highest BCUT2D eigenvalue weighted by Crippen LogP contribution is 2.28. The molecule has 1 fully saturated rings. The Hall–Kier alpha value is -2.99. The lowest BCUT2D eigenvalue weighted by Gasteiger charge is -2.12. The van der Waals surface area contributed by atoms with Crippen LogP contribution in [-0.4, -0.2) is 30.1 Å². The van der Waals surface area contributed by atoms with Gasteiger partial charge in [-0.3, -0.25) is 9.69 Å². The molecule has 2 aromatic rings. The smallest absolute Gasteiger partial charge is 0.329 e. The fraction of sp³-hybridized carbons (Fsp3) is 0.238. The van der Waals surface area contributed by atoms with Crippen molar-refractivity contribution in [3.63, 3.8) is 0 Å². The second-order valence-electron chi connectivity index (χ2n) is 6.07. The summed E-state index contributed by atoms with van der Waals surface area (Å²) in [5, 5.41) is 3.23. The van der Waals surface area contributed by atoms with Crippen LogP contribution in [0.15, 0.2) is 48.2 Å². The molecule has 0 radical (unpaired) electrons. The number of ether oxygens (including phenoxy) is 2. The predicted molar refractivity (Wildman–Crippen MR) is 107 cm³/mol. The second-order valence-corrected chi connectivity index (χ2v) is 6.51. The number of imide groups is 1. The van der Waals surface area contributed by atoms with Gasteiger partial charge in [-0.1, -0.05) is 23.7 Å². The number of halogens is 1. The van der Waals surface area contributed by atoms with Gasteiger partial charge in [-0.25, -0.2) is 4.79 Å². The molecule has 1 aliphatic rings. The van der Waals surface area contributed by atoms with Crippen LogP contribution in [0.25, 0.3) is 6.08 Å². The topological polar surface area (TPSA) is 67.9 Å². The Bertz CT molecular complexity index is 909. The molecule has 7 heteroatoms. The fourth-order valence-electron chi connectivity index (χ4n) is 2.81. The lowest BCUT2D eigenvalue weighted by atomic mass is 10.1. The van der Waals surface area contributed by atoms with Crippen molar-refractivity contribution in [3.8, 4) is 11.5 Å². The van der Waals surface area contributed by atoms with Crippen LogP contribution in [0.5, 0.6) is 11.5 Å². The van der Waals surface area contributed by atoms with Gasteiger partial charge in [0.2, 0.25) is 0 Å². The summed E-state index contributed by atoms with van der Waals surface area (Å²) < 4.78 is 11.1. The Kier molecular flexibility index (Phi) is 6.21. The largest absolute Gasteiger partial charge is 0.494 e. The van der Waals surface area contributed by atoms with Crippen LogP contribution in [0.2, 0.25) is 5.02 Å². The maximum atomic E-state index is 12.7. The summed E-state index contributed by atoms with van der Waals surface area (Å²) in [6.07, 6.45) is 1.61. The van der Waals surface area contributed by atoms with Crippen molar-refractivity contribution in [1.82, 2.24) is 10.2 Å². The highest BCUT2D eigenvalue weighted by molar-refractivity contribution is 6.30. The van der Waals surface area contributed by atoms with E-state index in [2.05, 4.69) is 5.32 Å². The minimum atomic E-state index is -0.463. The second kappa shape index (κ2) is 8.80. The van der Waals surface area contributed by atoms with E-state index in [4.69, 9.17) is 21.1 Å². The van der Waals surface area contributed by atoms with E-state index in [-0.39, 0.29) is 12.2 Å². The number of nitrogens with one attached hydrogen (secondary N) is 1. The highest BCUT2D eigenvalue weighted by atomic mass is 35.5. The van der Waals surface area contributed by atoms with Gasteiger partial charge in [-0.15, -0.1) is 0 Å². The first kappa shape index (κ1) is 19.8. The van der Waals surface area contributed by atoms with Crippen LogP contribution < -0.4 is 14.8 Å². The summed E-state index contributed by atoms with van der Waals surface area (Å²) in [6, 6.07) is 11.9. The molecule has 2 aromatic carbocycles. The maximum Gasteiger partial charge on any atom is 0.329 e. The Morgan fingerprint density at radius 3 is 2.43 bits per heavy atom. The number of carbonyl (C=O) groups is 2. The third-order valence-corrected chi connectivity index (χ3v) is 4.36. The van der Waals surface area contributed by atoms with Crippen molar-refractivity contribution in [2.45, 2.75) is 20.4 Å². The number of benzene rings is 2. The summed E-state index contributed by atoms with van der Waals surface area (Å²) in [6.45, 7) is 4.95. The summed E-state index contributed by atoms with van der Waals surface area (Å²) in [5.41, 5.74) is 1.69. The molecule has 0 spiro atoms. The van der Waals surface area contributed by atoms with E-state index in [0.29, 0.717) is 35.3 Å². The normalized spacial score (nSPS) is 15.1. The average molecular weight is 401 g/mol. The molecule has 0 atom stereocenters. The zero-order valence-corrected chi connectivity index (χ0v) is 16.5. The molecule has 0 unspecified atom stereocenters. The SMILES string of the molecule is CCOc1ccc(/C=C2\NC(=O)N(Cc3ccc(Cl)cc3)C2=O)c(OCC)c1. The van der Waals surface area contributed by atoms with Crippen LogP contribution in [0.1, 0.15) is 25.0 Å². The number of hydrogen-bond acceptors (Lipinski definition) is 4. The van der Waals surface area contributed by atoms with E-state index in [0.717, 1.165) is 10.5 Å². The van der Waals surface area contributed by atoms with E-state index >= 15 is 0 Å². The Labute approximate surface area is 168 Å². The molecule has 0 saturated carbocycles. The lowest BCUT2D eigenvalue weighted by molar-refractivity contribution is -0.123. The lowest BCUT2D eigenvalue weighted by Crippen LogP contribution is -2.30. The molecule has 6 nitrogen and oxygen atoms in total. The number of hydrogen-bond donors (Lipinski definition) is 1. The monoisotopic (exact) mass is 400 g/mol. The molecule has 0 bridgehead atoms. The van der Waals surface area contributed by atoms with Gasteiger partial charge in [0.05, 0.1) is 19.8 Å². The Balaban J connectivity index is 1.83. The average Bonchev–Trinajstić information content (AvgIpc) is 2.93. The van der Waals surface area contributed by atoms with Crippen LogP contribution in [0.4, 0.5) is 4.79 Å². The number of rotatable bonds is 7. The van der Waals surface area contributed by atoms with Gasteiger partial charge in [0.15, 0.2) is 0 Å². The molecule has 0 aromatic heterocycles. The van der Waals surface area contributed by atoms with E-state index < -0.39 is 11.9 Å². The minimum absolute atomic E-state index is 0.167. The van der Waals surface area contributed by atoms with Crippen molar-refractivity contribution in [2.24, 2.45) is 0 Å². The Morgan fingerprint density at radius 2 is 1.75 bits per heavy atom. The zero-order chi connectivity index (χ0) is 20.1. The van der Waals surface area contributed by atoms with Crippen molar-refractivity contribution in [3.05, 3.63) is 64.3 Å². The molecular formula is C21H21ClN2O4. The quantitative estimate of drug-likeness (QED) is 0.557. The summed E-state index contributed by atoms with van der Waals surface area (Å²) >= 11 is 5.88. The van der Waals surface area contributed by atoms with Crippen LogP contribution in [-0.2, 0) is 11.3 Å². The number of nitrogens with zero attached hydrogens (tertiary/aromatic N) is 1. The minimum Gasteiger partial charge on any atom is -0.494 e. The number of amides is 3. The maximum absolute atomic E-state index is 12.7. The van der Waals surface area contributed by atoms with Gasteiger partial charge < -0.3 is 14.8 Å². The fourth-order valence-corrected chi connectivity index (χ4v) is 2.94. The molecule has 3 amide bonds. The van der Waals surface area contributed by atoms with Gasteiger partial charge in [-0.2, -0.15) is 0 Å². The van der Waals surface area contributed by atoms with E-state index in [1.54, 1.807) is 48.5 Å². The standard InChI is InChI=1S/C21H21ClN2O4/c1-3-27-17-10-7-15(19(12-17)28-4-2)11-18-20(25)24(21(26)23-18)13-14-5-8-16(22)9-6-14/h5-12H,3-4,13H2,1-2H3,(H,23,26)/b18-11-. The first-order chi connectivity index (χ1) is 13.5. The van der Waals surface area contributed by atoms with Crippen molar-refractivity contribution < 1.29 is 19.1 Å². The highest BCUT2D eigenvalue weighted by Gasteiger charge is 2.33. The molecule has 28 heavy (non-hydrogen) atoms. The van der Waals surface area contributed by atoms with Gasteiger partial charge in [0, 0.05) is 16.7 Å². The Morgan fingerprint density at radius 1 is 1.04 bits per heavy atom. The van der Waals surface area contributed by atoms with Crippen molar-refractivity contribution in [1.29, 1.82) is 0 Å². The summed E-state index contributed by atoms with van der Waals surface area (Å²) in [5.74, 6) is 0.870. The van der Waals surface area contributed by atoms with Crippen molar-refractivity contribution in [2.75, 3.05) is 13.2 Å². The predicted octanol–water partition coefficient (Wildman–Crippen LogP) is 4.23. The third-order valence-electron chi connectivity index (χ3n) is 4.11. The molecular weight excluding hydrogens is 380 g/mol. The third kappa shape index (κ3) is 4.46. The first-order valence-electron chi connectivity index (χ1n) is 9.00. The number of carbonyl (C=O) groups excluding carboxylic acids is 2. The van der Waals surface area contributed by atoms with Crippen LogP contribution in [0.3, 0.4) is 0 Å². The van der Waals surface area contributed by atoms with Gasteiger partial charge >= 0.3 is 6.03 Å². The van der Waals surface area contributed by atoms with Gasteiger partial charge in [-0.05, 0) is 49.8 Å². The molecule has 146 valence electrons. The van der Waals surface area contributed by atoms with Crippen LogP contribution in [0, 0.1) is 0 Å². The molecule has 1 heterocycles. The van der Waals surface area contributed by atoms with Crippen LogP contribution >= 0.6 is 11.6 Å². The van der Waals surface area contributed by atoms with Gasteiger partial charge in [0.25, 0.3) is 5.91 Å². The molecule has 3 rings (SSSR count).